The van der Waals surface area contributed by atoms with E-state index in [4.69, 9.17) is 4.74 Å². The highest BCUT2D eigenvalue weighted by Crippen LogP contribution is 2.42. The molecule has 3 amide bonds. The first-order valence-electron chi connectivity index (χ1n) is 11.5. The molecule has 4 aliphatic heterocycles. The number of piperidine rings is 1. The molecule has 13 heteroatoms. The fourth-order valence-corrected chi connectivity index (χ4v) is 6.22. The summed E-state index contributed by atoms with van der Waals surface area (Å²) in [6.07, 6.45) is 1.82. The largest absolute Gasteiger partial charge is 0.501 e. The molecule has 4 aliphatic rings. The number of halogens is 3. The van der Waals surface area contributed by atoms with Crippen molar-refractivity contribution < 1.29 is 35.9 Å². The number of benzene rings is 1. The molecule has 4 heterocycles. The van der Waals surface area contributed by atoms with Crippen LogP contribution >= 0.6 is 0 Å². The summed E-state index contributed by atoms with van der Waals surface area (Å²) < 4.78 is 66.4. The molecule has 4 saturated heterocycles. The van der Waals surface area contributed by atoms with E-state index in [9.17, 15) is 31.2 Å². The topological polar surface area (TPSA) is 99.3 Å². The summed E-state index contributed by atoms with van der Waals surface area (Å²) >= 11 is 0. The number of rotatable bonds is 3. The minimum Gasteiger partial charge on any atom is -0.369 e. The summed E-state index contributed by atoms with van der Waals surface area (Å²) in [6, 6.07) is 4.84. The maximum atomic E-state index is 12.8. The maximum Gasteiger partial charge on any atom is 0.501 e. The number of ether oxygens (including phenoxy) is 1. The number of hydrogen-bond acceptors (Lipinski definition) is 6. The SMILES string of the molecule is O=C1COCC2(CN(C(=O)N3CC4(CCN(Cc5ccc(S(=O)(=O)C(F)(F)F)cc5)CC4)C3)C2)N1. The van der Waals surface area contributed by atoms with Crippen LogP contribution in [0.3, 0.4) is 0 Å². The van der Waals surface area contributed by atoms with Gasteiger partial charge in [-0.1, -0.05) is 12.1 Å². The van der Waals surface area contributed by atoms with Crippen molar-refractivity contribution in [2.24, 2.45) is 5.41 Å². The van der Waals surface area contributed by atoms with Gasteiger partial charge < -0.3 is 19.9 Å². The number of likely N-dealkylation sites (tertiary alicyclic amines) is 3. The van der Waals surface area contributed by atoms with Crippen LogP contribution in [0.5, 0.6) is 0 Å². The number of nitrogens with one attached hydrogen (secondary N) is 1. The molecule has 192 valence electrons. The van der Waals surface area contributed by atoms with E-state index in [1.54, 1.807) is 4.90 Å². The van der Waals surface area contributed by atoms with Gasteiger partial charge >= 0.3 is 11.5 Å². The number of morpholine rings is 1. The Hall–Kier alpha value is -2.38. The van der Waals surface area contributed by atoms with Gasteiger partial charge in [-0.2, -0.15) is 13.2 Å². The van der Waals surface area contributed by atoms with E-state index in [1.807, 2.05) is 4.90 Å². The van der Waals surface area contributed by atoms with Gasteiger partial charge in [0.1, 0.15) is 6.61 Å². The number of carbonyl (C=O) groups excluding carboxylic acids is 2. The van der Waals surface area contributed by atoms with Crippen molar-refractivity contribution in [1.82, 2.24) is 20.0 Å². The lowest BCUT2D eigenvalue weighted by Crippen LogP contribution is -2.77. The Morgan fingerprint density at radius 2 is 1.63 bits per heavy atom. The lowest BCUT2D eigenvalue weighted by molar-refractivity contribution is -0.142. The van der Waals surface area contributed by atoms with E-state index in [0.717, 1.165) is 43.6 Å². The van der Waals surface area contributed by atoms with Crippen LogP contribution in [0.1, 0.15) is 18.4 Å². The fraction of sp³-hybridized carbons (Fsp3) is 0.636. The van der Waals surface area contributed by atoms with Crippen molar-refractivity contribution >= 4 is 21.8 Å². The third-order valence-electron chi connectivity index (χ3n) is 7.46. The van der Waals surface area contributed by atoms with Gasteiger partial charge in [-0.3, -0.25) is 9.69 Å². The zero-order valence-corrected chi connectivity index (χ0v) is 19.8. The van der Waals surface area contributed by atoms with Crippen LogP contribution < -0.4 is 5.32 Å². The molecule has 2 spiro atoms. The van der Waals surface area contributed by atoms with Crippen LogP contribution in [0.25, 0.3) is 0 Å². The molecule has 0 unspecified atom stereocenters. The number of carbonyl (C=O) groups is 2. The first kappa shape index (κ1) is 24.3. The standard InChI is InChI=1S/C22H27F3N4O5S/c23-22(24,25)35(32,33)17-3-1-16(2-4-17)9-27-7-5-20(6-8-27)11-28(12-20)19(31)29-13-21(14-29)15-34-10-18(30)26-21/h1-4H,5-15H2,(H,26,30). The molecule has 1 aromatic rings. The quantitative estimate of drug-likeness (QED) is 0.649. The first-order valence-corrected chi connectivity index (χ1v) is 12.9. The number of urea groups is 1. The minimum atomic E-state index is -5.34. The van der Waals surface area contributed by atoms with E-state index in [2.05, 4.69) is 10.2 Å². The summed E-state index contributed by atoms with van der Waals surface area (Å²) in [5.74, 6) is -0.153. The Balaban J connectivity index is 1.07. The average molecular weight is 517 g/mol. The average Bonchev–Trinajstić information content (AvgIpc) is 2.76. The van der Waals surface area contributed by atoms with Crippen molar-refractivity contribution in [3.63, 3.8) is 0 Å². The van der Waals surface area contributed by atoms with E-state index >= 15 is 0 Å². The molecule has 0 saturated carbocycles. The van der Waals surface area contributed by atoms with E-state index in [-0.39, 0.29) is 24.0 Å². The number of hydrogen-bond donors (Lipinski definition) is 1. The molecule has 0 aliphatic carbocycles. The Labute approximate surface area is 201 Å². The summed E-state index contributed by atoms with van der Waals surface area (Å²) in [4.78, 5) is 29.4. The molecule has 1 aromatic carbocycles. The molecule has 1 N–H and O–H groups in total. The van der Waals surface area contributed by atoms with Gasteiger partial charge in [0.25, 0.3) is 9.84 Å². The summed E-state index contributed by atoms with van der Waals surface area (Å²) in [6.45, 7) is 4.88. The highest BCUT2D eigenvalue weighted by molar-refractivity contribution is 7.92. The predicted molar refractivity (Wildman–Crippen MR) is 117 cm³/mol. The fourth-order valence-electron chi connectivity index (χ4n) is 5.46. The Morgan fingerprint density at radius 3 is 2.20 bits per heavy atom. The molecule has 0 aromatic heterocycles. The van der Waals surface area contributed by atoms with Crippen molar-refractivity contribution in [1.29, 1.82) is 0 Å². The zero-order valence-electron chi connectivity index (χ0n) is 19.0. The lowest BCUT2D eigenvalue weighted by atomic mass is 9.72. The Bertz CT molecular complexity index is 1100. The van der Waals surface area contributed by atoms with Gasteiger partial charge in [0, 0.05) is 38.1 Å². The van der Waals surface area contributed by atoms with Crippen molar-refractivity contribution in [3.8, 4) is 0 Å². The van der Waals surface area contributed by atoms with Crippen LogP contribution in [-0.2, 0) is 25.9 Å². The molecular formula is C22H27F3N4O5S. The maximum absolute atomic E-state index is 12.8. The zero-order chi connectivity index (χ0) is 25.1. The highest BCUT2D eigenvalue weighted by Gasteiger charge is 2.53. The van der Waals surface area contributed by atoms with Crippen LogP contribution in [-0.4, -0.2) is 98.6 Å². The van der Waals surface area contributed by atoms with Crippen LogP contribution in [0, 0.1) is 5.41 Å². The van der Waals surface area contributed by atoms with Gasteiger partial charge in [-0.15, -0.1) is 0 Å². The molecule has 0 atom stereocenters. The lowest BCUT2D eigenvalue weighted by Gasteiger charge is -2.58. The summed E-state index contributed by atoms with van der Waals surface area (Å²) in [7, 11) is -5.34. The second-order valence-electron chi connectivity index (χ2n) is 10.2. The minimum absolute atomic E-state index is 0.0163. The predicted octanol–water partition coefficient (Wildman–Crippen LogP) is 1.20. The van der Waals surface area contributed by atoms with Crippen molar-refractivity contribution in [2.45, 2.75) is 35.3 Å². The van der Waals surface area contributed by atoms with Gasteiger partial charge in [0.15, 0.2) is 0 Å². The number of alkyl halides is 3. The smallest absolute Gasteiger partial charge is 0.369 e. The molecular weight excluding hydrogens is 489 g/mol. The molecule has 0 bridgehead atoms. The molecule has 5 rings (SSSR count). The van der Waals surface area contributed by atoms with Crippen molar-refractivity contribution in [3.05, 3.63) is 29.8 Å². The molecule has 35 heavy (non-hydrogen) atoms. The second kappa shape index (κ2) is 8.34. The van der Waals surface area contributed by atoms with Crippen LogP contribution in [0.15, 0.2) is 29.2 Å². The molecule has 9 nitrogen and oxygen atoms in total. The van der Waals surface area contributed by atoms with E-state index in [1.165, 1.54) is 12.1 Å². The second-order valence-corrected chi connectivity index (χ2v) is 12.1. The van der Waals surface area contributed by atoms with E-state index in [0.29, 0.717) is 39.3 Å². The van der Waals surface area contributed by atoms with E-state index < -0.39 is 25.8 Å². The summed E-state index contributed by atoms with van der Waals surface area (Å²) in [5, 5.41) is 2.93. The Kier molecular flexibility index (Phi) is 5.80. The number of sulfone groups is 1. The van der Waals surface area contributed by atoms with Gasteiger partial charge in [0.05, 0.1) is 17.0 Å². The highest BCUT2D eigenvalue weighted by atomic mass is 32.2. The monoisotopic (exact) mass is 516 g/mol. The van der Waals surface area contributed by atoms with Crippen LogP contribution in [0.2, 0.25) is 0 Å². The first-order chi connectivity index (χ1) is 16.4. The third kappa shape index (κ3) is 4.49. The summed E-state index contributed by atoms with van der Waals surface area (Å²) in [5.41, 5.74) is -4.93. The Morgan fingerprint density at radius 1 is 1.03 bits per heavy atom. The van der Waals surface area contributed by atoms with Crippen LogP contribution in [0.4, 0.5) is 18.0 Å². The normalized spacial score (nSPS) is 24.1. The van der Waals surface area contributed by atoms with Gasteiger partial charge in [-0.05, 0) is 43.6 Å². The van der Waals surface area contributed by atoms with Crippen molar-refractivity contribution in [2.75, 3.05) is 52.5 Å². The number of amides is 3. The van der Waals surface area contributed by atoms with Gasteiger partial charge in [-0.25, -0.2) is 13.2 Å². The third-order valence-corrected chi connectivity index (χ3v) is 8.96. The number of nitrogens with zero attached hydrogens (tertiary/aromatic N) is 3. The van der Waals surface area contributed by atoms with Gasteiger partial charge in [0.2, 0.25) is 5.91 Å². The molecule has 4 fully saturated rings. The molecule has 0 radical (unpaired) electrons.